The van der Waals surface area contributed by atoms with E-state index < -0.39 is 6.09 Å². The van der Waals surface area contributed by atoms with Crippen molar-refractivity contribution in [2.75, 3.05) is 19.6 Å². The van der Waals surface area contributed by atoms with E-state index in [1.807, 2.05) is 24.5 Å². The second-order valence-electron chi connectivity index (χ2n) is 12.2. The summed E-state index contributed by atoms with van der Waals surface area (Å²) in [6.07, 6.45) is 4.42. The molecule has 39 heavy (non-hydrogen) atoms. The van der Waals surface area contributed by atoms with Crippen LogP contribution in [0.2, 0.25) is 0 Å². The molecule has 0 bridgehead atoms. The van der Waals surface area contributed by atoms with Gasteiger partial charge in [-0.25, -0.2) is 4.79 Å². The quantitative estimate of drug-likeness (QED) is 0.252. The molecule has 5 rings (SSSR count). The fraction of sp³-hybridized carbons (Fsp3) is 0.382. The van der Waals surface area contributed by atoms with Crippen LogP contribution in [0.3, 0.4) is 0 Å². The van der Waals surface area contributed by atoms with Crippen LogP contribution >= 0.6 is 0 Å². The lowest BCUT2D eigenvalue weighted by molar-refractivity contribution is 0.0700. The highest BCUT2D eigenvalue weighted by Crippen LogP contribution is 2.40. The molecule has 4 aromatic rings. The summed E-state index contributed by atoms with van der Waals surface area (Å²) < 4.78 is 5.32. The molecular formula is C34H40N2O3. The maximum atomic E-state index is 13.1. The van der Waals surface area contributed by atoms with Crippen LogP contribution in [0.25, 0.3) is 10.8 Å². The van der Waals surface area contributed by atoms with Crippen molar-refractivity contribution in [1.82, 2.24) is 9.80 Å². The standard InChI is InChI=1S/C34H40N2O3/c1-34(2,3)20-32(31-15-9-13-27-12-7-8-14-30(27)31)36(33(37)38)23-28-22-35(21-25-17-19-39-24-25)18-16-29(28)26-10-5-4-6-11-26/h4-15,17,19,24,28-29,32H,16,18,20-23H2,1-3H3,(H,37,38)/t28?,29?,32-/m1/s1. The molecule has 0 spiro atoms. The molecule has 1 aliphatic rings. The molecule has 2 unspecified atom stereocenters. The normalized spacial score (nSPS) is 19.2. The van der Waals surface area contributed by atoms with Crippen molar-refractivity contribution in [3.8, 4) is 0 Å². The van der Waals surface area contributed by atoms with E-state index in [-0.39, 0.29) is 17.4 Å². The van der Waals surface area contributed by atoms with Crippen LogP contribution < -0.4 is 0 Å². The van der Waals surface area contributed by atoms with Crippen molar-refractivity contribution in [2.24, 2.45) is 11.3 Å². The number of carbonyl (C=O) groups is 1. The number of furan rings is 1. The predicted molar refractivity (Wildman–Crippen MR) is 157 cm³/mol. The Balaban J connectivity index is 1.51. The summed E-state index contributed by atoms with van der Waals surface area (Å²) in [7, 11) is 0. The molecule has 0 aliphatic carbocycles. The Labute approximate surface area is 232 Å². The van der Waals surface area contributed by atoms with Crippen molar-refractivity contribution in [1.29, 1.82) is 0 Å². The second-order valence-corrected chi connectivity index (χ2v) is 12.2. The van der Waals surface area contributed by atoms with Gasteiger partial charge in [-0.15, -0.1) is 0 Å². The van der Waals surface area contributed by atoms with Crippen LogP contribution in [-0.4, -0.2) is 40.6 Å². The number of hydrogen-bond donors (Lipinski definition) is 1. The minimum Gasteiger partial charge on any atom is -0.472 e. The first-order valence-electron chi connectivity index (χ1n) is 14.0. The maximum Gasteiger partial charge on any atom is 0.407 e. The number of benzene rings is 3. The van der Waals surface area contributed by atoms with E-state index in [1.165, 1.54) is 5.56 Å². The molecule has 5 nitrogen and oxygen atoms in total. The van der Waals surface area contributed by atoms with Crippen LogP contribution in [0.1, 0.15) is 62.3 Å². The first kappa shape index (κ1) is 27.0. The van der Waals surface area contributed by atoms with Crippen molar-refractivity contribution < 1.29 is 14.3 Å². The van der Waals surface area contributed by atoms with Gasteiger partial charge in [0.25, 0.3) is 0 Å². The third-order valence-corrected chi connectivity index (χ3v) is 8.07. The first-order chi connectivity index (χ1) is 18.8. The summed E-state index contributed by atoms with van der Waals surface area (Å²) in [5.74, 6) is 0.470. The molecule has 204 valence electrons. The smallest absolute Gasteiger partial charge is 0.407 e. The molecule has 1 amide bonds. The van der Waals surface area contributed by atoms with E-state index in [9.17, 15) is 9.90 Å². The van der Waals surface area contributed by atoms with Crippen molar-refractivity contribution >= 4 is 16.9 Å². The van der Waals surface area contributed by atoms with E-state index in [1.54, 1.807) is 11.2 Å². The summed E-state index contributed by atoms with van der Waals surface area (Å²) in [5.41, 5.74) is 3.50. The van der Waals surface area contributed by atoms with Gasteiger partial charge in [0.1, 0.15) is 0 Å². The van der Waals surface area contributed by atoms with Gasteiger partial charge in [0.05, 0.1) is 18.6 Å². The third-order valence-electron chi connectivity index (χ3n) is 8.07. The summed E-state index contributed by atoms with van der Waals surface area (Å²) >= 11 is 0. The second kappa shape index (κ2) is 11.7. The molecule has 2 heterocycles. The fourth-order valence-corrected chi connectivity index (χ4v) is 6.32. The Kier molecular flexibility index (Phi) is 8.08. The molecule has 1 aromatic heterocycles. The lowest BCUT2D eigenvalue weighted by Gasteiger charge is -2.43. The van der Waals surface area contributed by atoms with E-state index in [4.69, 9.17) is 4.42 Å². The number of amides is 1. The first-order valence-corrected chi connectivity index (χ1v) is 14.0. The van der Waals surface area contributed by atoms with Gasteiger partial charge >= 0.3 is 6.09 Å². The van der Waals surface area contributed by atoms with Gasteiger partial charge in [-0.2, -0.15) is 0 Å². The highest BCUT2D eigenvalue weighted by Gasteiger charge is 2.37. The fourth-order valence-electron chi connectivity index (χ4n) is 6.32. The molecule has 3 atom stereocenters. The highest BCUT2D eigenvalue weighted by atomic mass is 16.4. The Bertz CT molecular complexity index is 1350. The Morgan fingerprint density at radius 3 is 2.49 bits per heavy atom. The lowest BCUT2D eigenvalue weighted by atomic mass is 9.78. The minimum absolute atomic E-state index is 0.0476. The molecule has 1 N–H and O–H groups in total. The van der Waals surface area contributed by atoms with Gasteiger partial charge in [-0.05, 0) is 64.6 Å². The number of piperidine rings is 1. The zero-order chi connectivity index (χ0) is 27.4. The average Bonchev–Trinajstić information content (AvgIpc) is 3.43. The Morgan fingerprint density at radius 1 is 1.03 bits per heavy atom. The van der Waals surface area contributed by atoms with Crippen LogP contribution in [0.4, 0.5) is 4.79 Å². The predicted octanol–water partition coefficient (Wildman–Crippen LogP) is 8.20. The Morgan fingerprint density at radius 2 is 1.77 bits per heavy atom. The van der Waals surface area contributed by atoms with E-state index >= 15 is 0 Å². The topological polar surface area (TPSA) is 56.9 Å². The maximum absolute atomic E-state index is 13.1. The summed E-state index contributed by atoms with van der Waals surface area (Å²) in [6.45, 7) is 9.72. The zero-order valence-electron chi connectivity index (χ0n) is 23.3. The summed E-state index contributed by atoms with van der Waals surface area (Å²) in [4.78, 5) is 17.3. The molecular weight excluding hydrogens is 484 g/mol. The molecule has 1 fully saturated rings. The molecule has 1 saturated heterocycles. The van der Waals surface area contributed by atoms with Crippen LogP contribution in [0.5, 0.6) is 0 Å². The van der Waals surface area contributed by atoms with Crippen LogP contribution in [0.15, 0.2) is 95.8 Å². The SMILES string of the molecule is CC(C)(C)C[C@H](c1cccc2ccccc12)N(CC1CN(Cc2ccoc2)CCC1c1ccccc1)C(=O)O. The van der Waals surface area contributed by atoms with Gasteiger partial charge in [0, 0.05) is 25.2 Å². The molecule has 5 heteroatoms. The lowest BCUT2D eigenvalue weighted by Crippen LogP contribution is -2.47. The summed E-state index contributed by atoms with van der Waals surface area (Å²) in [6, 6.07) is 27.0. The minimum atomic E-state index is -0.851. The Hall–Kier alpha value is -3.57. The molecule has 0 radical (unpaired) electrons. The monoisotopic (exact) mass is 524 g/mol. The van der Waals surface area contributed by atoms with Crippen molar-refractivity contribution in [2.45, 2.75) is 52.1 Å². The van der Waals surface area contributed by atoms with Gasteiger partial charge < -0.3 is 14.4 Å². The van der Waals surface area contributed by atoms with E-state index in [2.05, 4.69) is 86.3 Å². The average molecular weight is 525 g/mol. The van der Waals surface area contributed by atoms with Crippen LogP contribution in [0, 0.1) is 11.3 Å². The number of carboxylic acid groups (broad SMARTS) is 1. The summed E-state index contributed by atoms with van der Waals surface area (Å²) in [5, 5.41) is 13.0. The number of nitrogens with zero attached hydrogens (tertiary/aromatic N) is 2. The molecule has 3 aromatic carbocycles. The zero-order valence-corrected chi connectivity index (χ0v) is 23.3. The van der Waals surface area contributed by atoms with E-state index in [0.717, 1.165) is 54.4 Å². The van der Waals surface area contributed by atoms with E-state index in [0.29, 0.717) is 12.5 Å². The van der Waals surface area contributed by atoms with Crippen LogP contribution in [-0.2, 0) is 6.54 Å². The van der Waals surface area contributed by atoms with Crippen molar-refractivity contribution in [3.05, 3.63) is 108 Å². The van der Waals surface area contributed by atoms with Gasteiger partial charge in [-0.3, -0.25) is 4.90 Å². The number of likely N-dealkylation sites (tertiary alicyclic amines) is 1. The number of hydrogen-bond acceptors (Lipinski definition) is 3. The number of fused-ring (bicyclic) bond motifs is 1. The number of rotatable bonds is 8. The van der Waals surface area contributed by atoms with Gasteiger partial charge in [0.15, 0.2) is 0 Å². The largest absolute Gasteiger partial charge is 0.472 e. The van der Waals surface area contributed by atoms with Gasteiger partial charge in [-0.1, -0.05) is 93.6 Å². The van der Waals surface area contributed by atoms with Gasteiger partial charge in [0.2, 0.25) is 0 Å². The highest BCUT2D eigenvalue weighted by molar-refractivity contribution is 5.86. The van der Waals surface area contributed by atoms with Crippen molar-refractivity contribution in [3.63, 3.8) is 0 Å². The molecule has 1 aliphatic heterocycles. The third kappa shape index (κ3) is 6.54. The molecule has 0 saturated carbocycles.